The van der Waals surface area contributed by atoms with Crippen LogP contribution in [0.1, 0.15) is 49.7 Å². The smallest absolute Gasteiger partial charge is 0.115 e. The van der Waals surface area contributed by atoms with E-state index in [1.165, 1.54) is 5.56 Å². The second kappa shape index (κ2) is 4.47. The predicted octanol–water partition coefficient (Wildman–Crippen LogP) is 2.58. The van der Waals surface area contributed by atoms with Crippen LogP contribution >= 0.6 is 0 Å². The van der Waals surface area contributed by atoms with Gasteiger partial charge in [-0.3, -0.25) is 0 Å². The van der Waals surface area contributed by atoms with Gasteiger partial charge in [0.05, 0.1) is 12.2 Å². The van der Waals surface area contributed by atoms with Gasteiger partial charge in [-0.05, 0) is 72.6 Å². The maximum absolute atomic E-state index is 10.8. The maximum Gasteiger partial charge on any atom is 0.115 e. The Morgan fingerprint density at radius 1 is 1.14 bits per heavy atom. The number of aryl methyl sites for hydroxylation is 1. The largest absolute Gasteiger partial charge is 0.508 e. The SMILES string of the molecule is C[C@]12C[C@@H](O)[C@@H]3c4cc(O)ccc4CC[C@H]3[C@@H]1CC[C@@H]2O. The molecule has 1 aromatic rings. The van der Waals surface area contributed by atoms with Crippen molar-refractivity contribution in [2.24, 2.45) is 17.3 Å². The van der Waals surface area contributed by atoms with Crippen LogP contribution < -0.4 is 0 Å². The standard InChI is InChI=1S/C18H24O3/c1-18-9-15(20)17-12(14(18)6-7-16(18)21)5-3-10-2-4-11(19)8-13(10)17/h2,4,8,12,14-17,19-21H,3,5-7,9H2,1H3/t12-,14-,15+,16-,17-,18-/m0/s1. The number of aliphatic hydroxyl groups excluding tert-OH is 2. The number of aromatic hydroxyl groups is 1. The van der Waals surface area contributed by atoms with Crippen LogP contribution in [0.5, 0.6) is 5.75 Å². The summed E-state index contributed by atoms with van der Waals surface area (Å²) >= 11 is 0. The van der Waals surface area contributed by atoms with Crippen molar-refractivity contribution in [1.29, 1.82) is 0 Å². The summed E-state index contributed by atoms with van der Waals surface area (Å²) in [4.78, 5) is 0. The first-order valence-corrected chi connectivity index (χ1v) is 8.18. The Kier molecular flexibility index (Phi) is 2.89. The molecule has 6 atom stereocenters. The zero-order valence-corrected chi connectivity index (χ0v) is 12.5. The first-order chi connectivity index (χ1) is 10.0. The number of phenols is 1. The highest BCUT2D eigenvalue weighted by Crippen LogP contribution is 2.60. The van der Waals surface area contributed by atoms with Gasteiger partial charge in [0.25, 0.3) is 0 Å². The summed E-state index contributed by atoms with van der Waals surface area (Å²) in [5, 5.41) is 31.0. The molecule has 3 nitrogen and oxygen atoms in total. The molecule has 3 aliphatic carbocycles. The fourth-order valence-electron chi connectivity index (χ4n) is 5.61. The minimum absolute atomic E-state index is 0.129. The average molecular weight is 288 g/mol. The summed E-state index contributed by atoms with van der Waals surface area (Å²) in [6.07, 6.45) is 4.03. The van der Waals surface area contributed by atoms with Crippen molar-refractivity contribution in [2.45, 2.75) is 57.2 Å². The average Bonchev–Trinajstić information content (AvgIpc) is 2.73. The summed E-state index contributed by atoms with van der Waals surface area (Å²) in [6, 6.07) is 5.60. The first-order valence-electron chi connectivity index (χ1n) is 8.18. The third-order valence-electron chi connectivity index (χ3n) is 6.64. The quantitative estimate of drug-likeness (QED) is 0.687. The van der Waals surface area contributed by atoms with Crippen molar-refractivity contribution >= 4 is 0 Å². The molecule has 0 amide bonds. The van der Waals surface area contributed by atoms with E-state index >= 15 is 0 Å². The lowest BCUT2D eigenvalue weighted by Gasteiger charge is -2.52. The van der Waals surface area contributed by atoms with Crippen LogP contribution in [0.4, 0.5) is 0 Å². The van der Waals surface area contributed by atoms with Crippen LogP contribution in [0.2, 0.25) is 0 Å². The van der Waals surface area contributed by atoms with Gasteiger partial charge in [-0.15, -0.1) is 0 Å². The Labute approximate surface area is 125 Å². The minimum atomic E-state index is -0.412. The third-order valence-corrected chi connectivity index (χ3v) is 6.64. The van der Waals surface area contributed by atoms with Crippen molar-refractivity contribution < 1.29 is 15.3 Å². The summed E-state index contributed by atoms with van der Waals surface area (Å²) < 4.78 is 0. The summed E-state index contributed by atoms with van der Waals surface area (Å²) in [5.74, 6) is 1.35. The fourth-order valence-corrected chi connectivity index (χ4v) is 5.61. The van der Waals surface area contributed by atoms with Crippen LogP contribution in [0.15, 0.2) is 18.2 Å². The van der Waals surface area contributed by atoms with Gasteiger partial charge in [-0.1, -0.05) is 13.0 Å². The predicted molar refractivity (Wildman–Crippen MR) is 80.1 cm³/mol. The van der Waals surface area contributed by atoms with Gasteiger partial charge >= 0.3 is 0 Å². The van der Waals surface area contributed by atoms with Crippen molar-refractivity contribution in [1.82, 2.24) is 0 Å². The molecule has 114 valence electrons. The van der Waals surface area contributed by atoms with E-state index in [-0.39, 0.29) is 17.4 Å². The fraction of sp³-hybridized carbons (Fsp3) is 0.667. The molecule has 0 aliphatic heterocycles. The Bertz CT molecular complexity index is 570. The number of hydrogen-bond acceptors (Lipinski definition) is 3. The van der Waals surface area contributed by atoms with Gasteiger partial charge < -0.3 is 15.3 Å². The molecule has 0 bridgehead atoms. The highest BCUT2D eigenvalue weighted by atomic mass is 16.3. The highest BCUT2D eigenvalue weighted by molar-refractivity contribution is 5.41. The third kappa shape index (κ3) is 1.80. The van der Waals surface area contributed by atoms with E-state index < -0.39 is 6.10 Å². The summed E-state index contributed by atoms with van der Waals surface area (Å²) in [7, 11) is 0. The molecule has 2 saturated carbocycles. The maximum atomic E-state index is 10.8. The number of rotatable bonds is 0. The lowest BCUT2D eigenvalue weighted by atomic mass is 9.54. The number of hydrogen-bond donors (Lipinski definition) is 3. The second-order valence-corrected chi connectivity index (χ2v) is 7.59. The molecular weight excluding hydrogens is 264 g/mol. The molecular formula is C18H24O3. The lowest BCUT2D eigenvalue weighted by molar-refractivity contribution is -0.0798. The Morgan fingerprint density at radius 2 is 1.95 bits per heavy atom. The van der Waals surface area contributed by atoms with Gasteiger partial charge in [0.1, 0.15) is 5.75 Å². The zero-order valence-electron chi connectivity index (χ0n) is 12.5. The van der Waals surface area contributed by atoms with Crippen LogP contribution in [0.3, 0.4) is 0 Å². The van der Waals surface area contributed by atoms with Crippen molar-refractivity contribution in [3.63, 3.8) is 0 Å². The molecule has 0 saturated heterocycles. The van der Waals surface area contributed by atoms with Crippen LogP contribution in [0.25, 0.3) is 0 Å². The molecule has 0 radical (unpaired) electrons. The minimum Gasteiger partial charge on any atom is -0.508 e. The molecule has 1 aromatic carbocycles. The van der Waals surface area contributed by atoms with Gasteiger partial charge in [0, 0.05) is 5.92 Å². The monoisotopic (exact) mass is 288 g/mol. The van der Waals surface area contributed by atoms with E-state index in [4.69, 9.17) is 0 Å². The van der Waals surface area contributed by atoms with E-state index in [0.29, 0.717) is 24.0 Å². The van der Waals surface area contributed by atoms with Crippen LogP contribution in [-0.2, 0) is 6.42 Å². The molecule has 0 aromatic heterocycles. The first kappa shape index (κ1) is 13.6. The molecule has 3 heteroatoms. The van der Waals surface area contributed by atoms with Crippen molar-refractivity contribution in [3.05, 3.63) is 29.3 Å². The summed E-state index contributed by atoms with van der Waals surface area (Å²) in [5.41, 5.74) is 2.28. The molecule has 4 rings (SSSR count). The van der Waals surface area contributed by atoms with E-state index in [0.717, 1.165) is 31.2 Å². The molecule has 0 spiro atoms. The normalized spacial score (nSPS) is 44.8. The Hall–Kier alpha value is -1.06. The van der Waals surface area contributed by atoms with Gasteiger partial charge in [-0.2, -0.15) is 0 Å². The van der Waals surface area contributed by atoms with E-state index in [1.807, 2.05) is 12.1 Å². The van der Waals surface area contributed by atoms with Crippen LogP contribution in [-0.4, -0.2) is 27.5 Å². The van der Waals surface area contributed by atoms with Gasteiger partial charge in [-0.25, -0.2) is 0 Å². The highest BCUT2D eigenvalue weighted by Gasteiger charge is 2.57. The van der Waals surface area contributed by atoms with E-state index in [9.17, 15) is 15.3 Å². The molecule has 21 heavy (non-hydrogen) atoms. The van der Waals surface area contributed by atoms with E-state index in [2.05, 4.69) is 6.92 Å². The Balaban J connectivity index is 1.78. The molecule has 3 aliphatic rings. The molecule has 3 N–H and O–H groups in total. The molecule has 0 unspecified atom stereocenters. The summed E-state index contributed by atoms with van der Waals surface area (Å²) in [6.45, 7) is 2.16. The number of fused-ring (bicyclic) bond motifs is 5. The number of aliphatic hydroxyl groups is 2. The Morgan fingerprint density at radius 3 is 2.76 bits per heavy atom. The second-order valence-electron chi connectivity index (χ2n) is 7.59. The van der Waals surface area contributed by atoms with Crippen molar-refractivity contribution in [3.8, 4) is 5.75 Å². The molecule has 0 heterocycles. The number of phenolic OH excluding ortho intramolecular Hbond substituents is 1. The van der Waals surface area contributed by atoms with E-state index in [1.54, 1.807) is 6.07 Å². The van der Waals surface area contributed by atoms with Gasteiger partial charge in [0.15, 0.2) is 0 Å². The zero-order chi connectivity index (χ0) is 14.8. The van der Waals surface area contributed by atoms with Crippen molar-refractivity contribution in [2.75, 3.05) is 0 Å². The van der Waals surface area contributed by atoms with Gasteiger partial charge in [0.2, 0.25) is 0 Å². The number of benzene rings is 1. The lowest BCUT2D eigenvalue weighted by Crippen LogP contribution is -2.50. The van der Waals surface area contributed by atoms with Crippen LogP contribution in [0, 0.1) is 17.3 Å². The molecule has 2 fully saturated rings. The topological polar surface area (TPSA) is 60.7 Å².